The first-order valence-corrected chi connectivity index (χ1v) is 11.5. The van der Waals surface area contributed by atoms with Crippen molar-refractivity contribution in [1.29, 1.82) is 0 Å². The van der Waals surface area contributed by atoms with Gasteiger partial charge in [0, 0.05) is 21.1 Å². The number of thiol groups is 1. The summed E-state index contributed by atoms with van der Waals surface area (Å²) >= 11 is 7.27. The van der Waals surface area contributed by atoms with Crippen molar-refractivity contribution in [3.8, 4) is 5.75 Å². The maximum absolute atomic E-state index is 12.8. The molecule has 9 heteroatoms. The van der Waals surface area contributed by atoms with Crippen molar-refractivity contribution in [2.75, 3.05) is 30.9 Å². The zero-order chi connectivity index (χ0) is 23.6. The van der Waals surface area contributed by atoms with Crippen LogP contribution in [0, 0.1) is 5.41 Å². The summed E-state index contributed by atoms with van der Waals surface area (Å²) in [6, 6.07) is 14.3. The van der Waals surface area contributed by atoms with Gasteiger partial charge in [-0.3, -0.25) is 10.1 Å². The highest BCUT2D eigenvalue weighted by molar-refractivity contribution is 9.10. The normalized spacial score (nSPS) is 12.0. The number of carbonyl (C=O) groups is 2. The Labute approximate surface area is 202 Å². The fourth-order valence-electron chi connectivity index (χ4n) is 3.02. The molecule has 0 aromatic heterocycles. The van der Waals surface area contributed by atoms with Crippen molar-refractivity contribution in [1.82, 2.24) is 0 Å². The molecule has 0 aliphatic heterocycles. The summed E-state index contributed by atoms with van der Waals surface area (Å²) in [5.41, 5.74) is 0.617. The van der Waals surface area contributed by atoms with Crippen molar-refractivity contribution in [3.63, 3.8) is 0 Å². The second-order valence-corrected chi connectivity index (χ2v) is 8.88. The van der Waals surface area contributed by atoms with Gasteiger partial charge in [0.05, 0.1) is 19.0 Å². The van der Waals surface area contributed by atoms with Crippen molar-refractivity contribution in [3.05, 3.63) is 58.6 Å². The fourth-order valence-corrected chi connectivity index (χ4v) is 3.38. The van der Waals surface area contributed by atoms with Crippen molar-refractivity contribution >= 4 is 46.3 Å². The minimum absolute atomic E-state index is 0.00616. The second kappa shape index (κ2) is 12.7. The molecule has 32 heavy (non-hydrogen) atoms. The number of hydrogen-bond acceptors (Lipinski definition) is 7. The van der Waals surface area contributed by atoms with Gasteiger partial charge in [0.25, 0.3) is 0 Å². The first kappa shape index (κ1) is 26.0. The third kappa shape index (κ3) is 8.03. The van der Waals surface area contributed by atoms with Crippen LogP contribution in [0.4, 0.5) is 10.5 Å². The molecule has 1 atom stereocenters. The Kier molecular flexibility index (Phi) is 10.3. The number of anilines is 1. The Morgan fingerprint density at radius 3 is 2.47 bits per heavy atom. The number of carbonyl (C=O) groups excluding carboxylic acids is 2. The zero-order valence-corrected chi connectivity index (χ0v) is 20.5. The van der Waals surface area contributed by atoms with E-state index in [0.717, 1.165) is 4.47 Å². The molecule has 0 unspecified atom stereocenters. The van der Waals surface area contributed by atoms with Crippen LogP contribution in [0.5, 0.6) is 5.75 Å². The molecular formula is C23H28BrNO6S. The van der Waals surface area contributed by atoms with Gasteiger partial charge < -0.3 is 19.3 Å². The molecule has 0 saturated carbocycles. The Morgan fingerprint density at radius 1 is 1.12 bits per heavy atom. The van der Waals surface area contributed by atoms with Crippen molar-refractivity contribution < 1.29 is 28.9 Å². The summed E-state index contributed by atoms with van der Waals surface area (Å²) < 4.78 is 17.6. The van der Waals surface area contributed by atoms with Gasteiger partial charge in [0.2, 0.25) is 0 Å². The van der Waals surface area contributed by atoms with Gasteiger partial charge in [-0.25, -0.2) is 4.79 Å². The largest absolute Gasteiger partial charge is 0.491 e. The number of benzene rings is 2. The van der Waals surface area contributed by atoms with E-state index in [4.69, 9.17) is 19.3 Å². The summed E-state index contributed by atoms with van der Waals surface area (Å²) in [5.74, 6) is 0.0815. The van der Waals surface area contributed by atoms with Crippen LogP contribution >= 0.6 is 28.6 Å². The van der Waals surface area contributed by atoms with Crippen molar-refractivity contribution in [2.45, 2.75) is 26.4 Å². The lowest BCUT2D eigenvalue weighted by Crippen LogP contribution is -2.31. The lowest BCUT2D eigenvalue weighted by Gasteiger charge is -2.34. The van der Waals surface area contributed by atoms with Gasteiger partial charge >= 0.3 is 12.1 Å². The van der Waals surface area contributed by atoms with E-state index >= 15 is 0 Å². The quantitative estimate of drug-likeness (QED) is 0.282. The van der Waals surface area contributed by atoms with E-state index in [9.17, 15) is 9.59 Å². The molecule has 7 nitrogen and oxygen atoms in total. The highest BCUT2D eigenvalue weighted by Crippen LogP contribution is 2.43. The highest BCUT2D eigenvalue weighted by atomic mass is 79.9. The molecule has 2 aromatic rings. The molecule has 0 aliphatic rings. The molecular weight excluding hydrogens is 498 g/mol. The first-order valence-electron chi connectivity index (χ1n) is 10.1. The van der Waals surface area contributed by atoms with Crippen LogP contribution in [0.1, 0.15) is 31.9 Å². The number of aliphatic hydroxyl groups is 1. The monoisotopic (exact) mass is 525 g/mol. The molecule has 1 amide bonds. The number of esters is 1. The highest BCUT2D eigenvalue weighted by Gasteiger charge is 2.36. The molecule has 0 heterocycles. The van der Waals surface area contributed by atoms with Crippen molar-refractivity contribution in [2.24, 2.45) is 5.41 Å². The number of nitrogens with one attached hydrogen (secondary N) is 1. The Hall–Kier alpha value is -2.23. The molecule has 0 bridgehead atoms. The summed E-state index contributed by atoms with van der Waals surface area (Å²) in [4.78, 5) is 24.2. The molecule has 2 aromatic carbocycles. The Bertz CT molecular complexity index is 890. The van der Waals surface area contributed by atoms with E-state index in [1.54, 1.807) is 24.3 Å². The number of rotatable bonds is 11. The van der Waals surface area contributed by atoms with E-state index in [0.29, 0.717) is 23.4 Å². The first-order chi connectivity index (χ1) is 15.3. The molecule has 0 fully saturated rings. The van der Waals surface area contributed by atoms with Crippen LogP contribution in [0.25, 0.3) is 0 Å². The van der Waals surface area contributed by atoms with Gasteiger partial charge in [-0.05, 0) is 36.8 Å². The van der Waals surface area contributed by atoms with Gasteiger partial charge in [0.15, 0.2) is 0 Å². The summed E-state index contributed by atoms with van der Waals surface area (Å²) in [6.45, 7) is 3.95. The summed E-state index contributed by atoms with van der Waals surface area (Å²) in [7, 11) is 0. The average Bonchev–Trinajstić information content (AvgIpc) is 2.77. The number of halogens is 1. The number of amides is 1. The van der Waals surface area contributed by atoms with E-state index in [1.807, 2.05) is 38.1 Å². The molecule has 2 N–H and O–H groups in total. The van der Waals surface area contributed by atoms with Crippen LogP contribution < -0.4 is 10.1 Å². The van der Waals surface area contributed by atoms with Crippen LogP contribution in [0.15, 0.2) is 53.0 Å². The predicted octanol–water partition coefficient (Wildman–Crippen LogP) is 5.00. The SMILES string of the molecule is CC(C)(CCOC(=O)CS)[C@H](OC(=O)Nc1ccc(Br)cc1)c1ccccc1OCCO. The van der Waals surface area contributed by atoms with E-state index in [2.05, 4.69) is 33.9 Å². The van der Waals surface area contributed by atoms with Crippen LogP contribution in [-0.4, -0.2) is 42.7 Å². The minimum Gasteiger partial charge on any atom is -0.491 e. The third-order valence-electron chi connectivity index (χ3n) is 4.71. The lowest BCUT2D eigenvalue weighted by atomic mass is 9.79. The number of aliphatic hydroxyl groups excluding tert-OH is 1. The second-order valence-electron chi connectivity index (χ2n) is 7.64. The smallest absolute Gasteiger partial charge is 0.412 e. The average molecular weight is 526 g/mol. The summed E-state index contributed by atoms with van der Waals surface area (Å²) in [5, 5.41) is 11.9. The van der Waals surface area contributed by atoms with Crippen LogP contribution in [0.3, 0.4) is 0 Å². The topological polar surface area (TPSA) is 94.1 Å². The molecule has 0 saturated heterocycles. The number of ether oxygens (including phenoxy) is 3. The maximum atomic E-state index is 12.8. The molecule has 0 radical (unpaired) electrons. The molecule has 174 valence electrons. The molecule has 0 spiro atoms. The zero-order valence-electron chi connectivity index (χ0n) is 18.0. The van der Waals surface area contributed by atoms with Crippen LogP contribution in [-0.2, 0) is 14.3 Å². The van der Waals surface area contributed by atoms with Gasteiger partial charge in [-0.15, -0.1) is 0 Å². The van der Waals surface area contributed by atoms with Gasteiger partial charge in [-0.1, -0.05) is 48.0 Å². The standard InChI is InChI=1S/C23H28BrNO6S/c1-23(2,11-13-30-20(27)15-32)21(18-5-3-4-6-19(18)29-14-12-26)31-22(28)25-17-9-7-16(24)8-10-17/h3-10,21,26,32H,11-15H2,1-2H3,(H,25,28)/t21-/m1/s1. The van der Waals surface area contributed by atoms with E-state index < -0.39 is 23.6 Å². The van der Waals surface area contributed by atoms with Gasteiger partial charge in [0.1, 0.15) is 18.5 Å². The predicted molar refractivity (Wildman–Crippen MR) is 129 cm³/mol. The van der Waals surface area contributed by atoms with Gasteiger partial charge in [-0.2, -0.15) is 12.6 Å². The molecule has 2 rings (SSSR count). The lowest BCUT2D eigenvalue weighted by molar-refractivity contribution is -0.141. The minimum atomic E-state index is -0.720. The Balaban J connectivity index is 2.26. The van der Waals surface area contributed by atoms with E-state index in [-0.39, 0.29) is 25.6 Å². The number of hydrogen-bond donors (Lipinski definition) is 3. The number of para-hydroxylation sites is 1. The summed E-state index contributed by atoms with van der Waals surface area (Å²) in [6.07, 6.45) is -0.922. The molecule has 0 aliphatic carbocycles. The van der Waals surface area contributed by atoms with Crippen LogP contribution in [0.2, 0.25) is 0 Å². The maximum Gasteiger partial charge on any atom is 0.412 e. The third-order valence-corrected chi connectivity index (χ3v) is 5.50. The van der Waals surface area contributed by atoms with E-state index in [1.165, 1.54) is 0 Å². The Morgan fingerprint density at radius 2 is 1.81 bits per heavy atom. The fraction of sp³-hybridized carbons (Fsp3) is 0.391.